The summed E-state index contributed by atoms with van der Waals surface area (Å²) < 4.78 is 5.37. The first-order chi connectivity index (χ1) is 11.2. The van der Waals surface area contributed by atoms with E-state index >= 15 is 0 Å². The summed E-state index contributed by atoms with van der Waals surface area (Å²) in [5.74, 6) is 0.673. The van der Waals surface area contributed by atoms with Gasteiger partial charge in [0, 0.05) is 11.4 Å². The van der Waals surface area contributed by atoms with Crippen LogP contribution in [0.1, 0.15) is 12.5 Å². The normalized spacial score (nSPS) is 9.74. The summed E-state index contributed by atoms with van der Waals surface area (Å²) in [6.07, 6.45) is 0.369. The molecule has 23 heavy (non-hydrogen) atoms. The van der Waals surface area contributed by atoms with Crippen LogP contribution in [0, 0.1) is 11.3 Å². The molecule has 118 valence electrons. The number of nitrogens with one attached hydrogen (secondary N) is 2. The van der Waals surface area contributed by atoms with Gasteiger partial charge in [-0.1, -0.05) is 12.1 Å². The monoisotopic (exact) mass is 309 g/mol. The van der Waals surface area contributed by atoms with Crippen molar-refractivity contribution in [2.24, 2.45) is 0 Å². The first-order valence-electron chi connectivity index (χ1n) is 7.43. The van der Waals surface area contributed by atoms with Crippen LogP contribution in [0.4, 0.5) is 11.4 Å². The van der Waals surface area contributed by atoms with Crippen molar-refractivity contribution >= 4 is 17.3 Å². The first kappa shape index (κ1) is 16.4. The molecule has 5 nitrogen and oxygen atoms in total. The summed E-state index contributed by atoms with van der Waals surface area (Å²) in [7, 11) is 0. The Morgan fingerprint density at radius 3 is 2.35 bits per heavy atom. The van der Waals surface area contributed by atoms with Crippen molar-refractivity contribution < 1.29 is 9.53 Å². The summed E-state index contributed by atoms with van der Waals surface area (Å²) >= 11 is 0. The number of hydrogen-bond donors (Lipinski definition) is 2. The molecule has 0 spiro atoms. The van der Waals surface area contributed by atoms with Gasteiger partial charge in [0.1, 0.15) is 5.75 Å². The van der Waals surface area contributed by atoms with Gasteiger partial charge < -0.3 is 15.4 Å². The van der Waals surface area contributed by atoms with Crippen molar-refractivity contribution in [3.05, 3.63) is 54.1 Å². The van der Waals surface area contributed by atoms with Gasteiger partial charge in [-0.2, -0.15) is 5.26 Å². The predicted molar refractivity (Wildman–Crippen MR) is 90.5 cm³/mol. The SMILES string of the molecule is CCOc1ccc(NCC(=O)Nc2ccc(CC#N)cc2)cc1. The molecule has 0 saturated heterocycles. The van der Waals surface area contributed by atoms with Crippen LogP contribution in [0.25, 0.3) is 0 Å². The molecular weight excluding hydrogens is 290 g/mol. The lowest BCUT2D eigenvalue weighted by Crippen LogP contribution is -2.21. The number of nitrogens with zero attached hydrogens (tertiary/aromatic N) is 1. The van der Waals surface area contributed by atoms with E-state index in [2.05, 4.69) is 16.7 Å². The van der Waals surface area contributed by atoms with Crippen LogP contribution in [0.2, 0.25) is 0 Å². The summed E-state index contributed by atoms with van der Waals surface area (Å²) in [5, 5.41) is 14.5. The van der Waals surface area contributed by atoms with Crippen molar-refractivity contribution in [2.75, 3.05) is 23.8 Å². The molecule has 0 atom stereocenters. The maximum Gasteiger partial charge on any atom is 0.243 e. The first-order valence-corrected chi connectivity index (χ1v) is 7.43. The highest BCUT2D eigenvalue weighted by molar-refractivity contribution is 5.93. The average Bonchev–Trinajstić information content (AvgIpc) is 2.57. The van der Waals surface area contributed by atoms with Crippen molar-refractivity contribution in [1.29, 1.82) is 5.26 Å². The Kier molecular flexibility index (Phi) is 6.01. The molecule has 2 aromatic rings. The van der Waals surface area contributed by atoms with E-state index in [-0.39, 0.29) is 12.5 Å². The molecule has 0 radical (unpaired) electrons. The maximum absolute atomic E-state index is 11.9. The Morgan fingerprint density at radius 1 is 1.09 bits per heavy atom. The molecule has 1 amide bonds. The van der Waals surface area contributed by atoms with Gasteiger partial charge in [-0.05, 0) is 48.9 Å². The molecule has 0 fully saturated rings. The van der Waals surface area contributed by atoms with Crippen LogP contribution < -0.4 is 15.4 Å². The van der Waals surface area contributed by atoms with E-state index in [4.69, 9.17) is 10.00 Å². The summed E-state index contributed by atoms with van der Waals surface area (Å²) in [4.78, 5) is 11.9. The maximum atomic E-state index is 11.9. The predicted octanol–water partition coefficient (Wildman–Crippen LogP) is 3.20. The van der Waals surface area contributed by atoms with E-state index < -0.39 is 0 Å². The molecule has 0 aliphatic carbocycles. The highest BCUT2D eigenvalue weighted by Crippen LogP contribution is 2.15. The van der Waals surface area contributed by atoms with Crippen LogP contribution in [0.5, 0.6) is 5.75 Å². The van der Waals surface area contributed by atoms with Crippen LogP contribution in [-0.2, 0) is 11.2 Å². The molecule has 0 saturated carbocycles. The summed E-state index contributed by atoms with van der Waals surface area (Å²) in [6.45, 7) is 2.74. The molecular formula is C18H19N3O2. The second kappa shape index (κ2) is 8.44. The van der Waals surface area contributed by atoms with E-state index in [0.29, 0.717) is 18.7 Å². The zero-order valence-electron chi connectivity index (χ0n) is 13.0. The number of hydrogen-bond acceptors (Lipinski definition) is 4. The fraction of sp³-hybridized carbons (Fsp3) is 0.222. The average molecular weight is 309 g/mol. The van der Waals surface area contributed by atoms with E-state index in [1.807, 2.05) is 43.3 Å². The van der Waals surface area contributed by atoms with Gasteiger partial charge in [0.25, 0.3) is 0 Å². The summed E-state index contributed by atoms with van der Waals surface area (Å²) in [6, 6.07) is 16.8. The number of anilines is 2. The Balaban J connectivity index is 1.81. The number of nitriles is 1. The molecule has 0 unspecified atom stereocenters. The Hall–Kier alpha value is -3.00. The third kappa shape index (κ3) is 5.36. The molecule has 2 aromatic carbocycles. The van der Waals surface area contributed by atoms with Crippen molar-refractivity contribution in [2.45, 2.75) is 13.3 Å². The highest BCUT2D eigenvalue weighted by Gasteiger charge is 2.03. The number of ether oxygens (including phenoxy) is 1. The minimum Gasteiger partial charge on any atom is -0.494 e. The Labute approximate surface area is 135 Å². The van der Waals surface area contributed by atoms with Crippen molar-refractivity contribution in [3.63, 3.8) is 0 Å². The van der Waals surface area contributed by atoms with Gasteiger partial charge >= 0.3 is 0 Å². The zero-order valence-corrected chi connectivity index (χ0v) is 13.0. The lowest BCUT2D eigenvalue weighted by Gasteiger charge is -2.09. The zero-order chi connectivity index (χ0) is 16.5. The number of benzene rings is 2. The van der Waals surface area contributed by atoms with E-state index in [9.17, 15) is 4.79 Å². The van der Waals surface area contributed by atoms with Gasteiger partial charge in [0.15, 0.2) is 0 Å². The highest BCUT2D eigenvalue weighted by atomic mass is 16.5. The molecule has 5 heteroatoms. The number of carbonyl (C=O) groups is 1. The third-order valence-corrected chi connectivity index (χ3v) is 3.14. The minimum absolute atomic E-state index is 0.132. The summed E-state index contributed by atoms with van der Waals surface area (Å²) in [5.41, 5.74) is 2.50. The van der Waals surface area contributed by atoms with Gasteiger partial charge in [0.2, 0.25) is 5.91 Å². The molecule has 0 aromatic heterocycles. The smallest absolute Gasteiger partial charge is 0.243 e. The molecule has 2 rings (SSSR count). The van der Waals surface area contributed by atoms with Crippen LogP contribution >= 0.6 is 0 Å². The number of amides is 1. The van der Waals surface area contributed by atoms with Crippen LogP contribution in [0.15, 0.2) is 48.5 Å². The fourth-order valence-corrected chi connectivity index (χ4v) is 2.02. The lowest BCUT2D eigenvalue weighted by molar-refractivity contribution is -0.114. The second-order valence-electron chi connectivity index (χ2n) is 4.89. The number of rotatable bonds is 7. The van der Waals surface area contributed by atoms with Gasteiger partial charge in [-0.25, -0.2) is 0 Å². The molecule has 0 heterocycles. The Morgan fingerprint density at radius 2 is 1.74 bits per heavy atom. The topological polar surface area (TPSA) is 74.2 Å². The van der Waals surface area contributed by atoms with Gasteiger partial charge in [-0.15, -0.1) is 0 Å². The quantitative estimate of drug-likeness (QED) is 0.823. The van der Waals surface area contributed by atoms with Gasteiger partial charge in [-0.3, -0.25) is 4.79 Å². The fourth-order valence-electron chi connectivity index (χ4n) is 2.02. The van der Waals surface area contributed by atoms with Crippen molar-refractivity contribution in [1.82, 2.24) is 0 Å². The third-order valence-electron chi connectivity index (χ3n) is 3.14. The van der Waals surface area contributed by atoms with E-state index in [1.54, 1.807) is 12.1 Å². The molecule has 2 N–H and O–H groups in total. The van der Waals surface area contributed by atoms with Crippen LogP contribution in [0.3, 0.4) is 0 Å². The number of carbonyl (C=O) groups excluding carboxylic acids is 1. The molecule has 0 aliphatic rings. The van der Waals surface area contributed by atoms with E-state index in [1.165, 1.54) is 0 Å². The van der Waals surface area contributed by atoms with E-state index in [0.717, 1.165) is 17.0 Å². The molecule has 0 aliphatic heterocycles. The lowest BCUT2D eigenvalue weighted by atomic mass is 10.1. The Bertz CT molecular complexity index is 673. The van der Waals surface area contributed by atoms with Crippen LogP contribution in [-0.4, -0.2) is 19.1 Å². The standard InChI is InChI=1S/C18H19N3O2/c1-2-23-17-9-7-15(8-10-17)20-13-18(22)21-16-5-3-14(4-6-16)11-12-19/h3-10,20H,2,11,13H2,1H3,(H,21,22). The largest absolute Gasteiger partial charge is 0.494 e. The second-order valence-corrected chi connectivity index (χ2v) is 4.89. The van der Waals surface area contributed by atoms with Gasteiger partial charge in [0.05, 0.1) is 25.6 Å². The molecule has 0 bridgehead atoms. The van der Waals surface area contributed by atoms with Crippen molar-refractivity contribution in [3.8, 4) is 11.8 Å². The minimum atomic E-state index is -0.132.